The quantitative estimate of drug-likeness (QED) is 0.918. The molecule has 112 valence electrons. The molecule has 0 aliphatic rings. The molecule has 2 aromatic rings. The molecule has 0 atom stereocenters. The van der Waals surface area contributed by atoms with Gasteiger partial charge in [-0.05, 0) is 41.0 Å². The van der Waals surface area contributed by atoms with Gasteiger partial charge in [0.2, 0.25) is 0 Å². The minimum atomic E-state index is -3.39. The molecule has 0 unspecified atom stereocenters. The van der Waals surface area contributed by atoms with Gasteiger partial charge in [0.1, 0.15) is 5.82 Å². The summed E-state index contributed by atoms with van der Waals surface area (Å²) in [5, 5.41) is 0.550. The zero-order chi connectivity index (χ0) is 15.5. The Kier molecular flexibility index (Phi) is 4.98. The van der Waals surface area contributed by atoms with E-state index < -0.39 is 15.7 Å². The maximum atomic E-state index is 13.4. The Hall–Kier alpha value is -1.43. The Morgan fingerprint density at radius 1 is 0.952 bits per heavy atom. The minimum absolute atomic E-state index is 0.112. The van der Waals surface area contributed by atoms with Gasteiger partial charge in [-0.15, -0.1) is 0 Å². The SMILES string of the molecule is NCc1cc(F)cc(CS(=O)(=O)Cc2ccc(Cl)cc2)c1. The molecular weight excluding hydrogens is 313 g/mol. The monoisotopic (exact) mass is 327 g/mol. The van der Waals surface area contributed by atoms with Crippen molar-refractivity contribution in [1.29, 1.82) is 0 Å². The highest BCUT2D eigenvalue weighted by Gasteiger charge is 2.14. The van der Waals surface area contributed by atoms with Crippen LogP contribution in [0.25, 0.3) is 0 Å². The van der Waals surface area contributed by atoms with E-state index in [0.717, 1.165) is 0 Å². The molecule has 6 heteroatoms. The molecule has 2 rings (SSSR count). The molecular formula is C15H15ClFNO2S. The van der Waals surface area contributed by atoms with Crippen LogP contribution in [0.5, 0.6) is 0 Å². The van der Waals surface area contributed by atoms with Crippen LogP contribution in [0, 0.1) is 5.82 Å². The molecule has 2 aromatic carbocycles. The number of halogens is 2. The van der Waals surface area contributed by atoms with Crippen molar-refractivity contribution < 1.29 is 12.8 Å². The first-order chi connectivity index (χ1) is 9.88. The number of benzene rings is 2. The first kappa shape index (κ1) is 15.9. The molecule has 0 aromatic heterocycles. The molecule has 21 heavy (non-hydrogen) atoms. The van der Waals surface area contributed by atoms with Gasteiger partial charge in [0.05, 0.1) is 11.5 Å². The predicted octanol–water partition coefficient (Wildman–Crippen LogP) is 3.05. The van der Waals surface area contributed by atoms with Crippen molar-refractivity contribution in [3.8, 4) is 0 Å². The van der Waals surface area contributed by atoms with Crippen LogP contribution in [0.3, 0.4) is 0 Å². The summed E-state index contributed by atoms with van der Waals surface area (Å²) in [6.45, 7) is 0.169. The van der Waals surface area contributed by atoms with E-state index in [9.17, 15) is 12.8 Å². The van der Waals surface area contributed by atoms with E-state index in [1.165, 1.54) is 12.1 Å². The average molecular weight is 328 g/mol. The van der Waals surface area contributed by atoms with Crippen molar-refractivity contribution in [3.63, 3.8) is 0 Å². The first-order valence-corrected chi connectivity index (χ1v) is 8.51. The standard InChI is InChI=1S/C15H15ClFNO2S/c16-14-3-1-11(2-4-14)9-21(19,20)10-13-5-12(8-18)6-15(17)7-13/h1-7H,8-10,18H2. The van der Waals surface area contributed by atoms with E-state index in [4.69, 9.17) is 17.3 Å². The summed E-state index contributed by atoms with van der Waals surface area (Å²) in [6, 6.07) is 10.7. The number of rotatable bonds is 5. The van der Waals surface area contributed by atoms with Crippen LogP contribution >= 0.6 is 11.6 Å². The van der Waals surface area contributed by atoms with Crippen LogP contribution in [0.4, 0.5) is 4.39 Å². The lowest BCUT2D eigenvalue weighted by molar-refractivity contribution is 0.593. The first-order valence-electron chi connectivity index (χ1n) is 6.31. The lowest BCUT2D eigenvalue weighted by atomic mass is 10.1. The lowest BCUT2D eigenvalue weighted by Gasteiger charge is -2.07. The maximum Gasteiger partial charge on any atom is 0.158 e. The van der Waals surface area contributed by atoms with E-state index in [2.05, 4.69) is 0 Å². The summed E-state index contributed by atoms with van der Waals surface area (Å²) in [5.74, 6) is -0.811. The molecule has 2 N–H and O–H groups in total. The molecule has 0 saturated heterocycles. The van der Waals surface area contributed by atoms with E-state index in [-0.39, 0.29) is 18.1 Å². The van der Waals surface area contributed by atoms with Gasteiger partial charge in [-0.1, -0.05) is 29.8 Å². The molecule has 0 bridgehead atoms. The van der Waals surface area contributed by atoms with Crippen molar-refractivity contribution >= 4 is 21.4 Å². The number of hydrogen-bond acceptors (Lipinski definition) is 3. The van der Waals surface area contributed by atoms with Crippen molar-refractivity contribution in [2.75, 3.05) is 0 Å². The highest BCUT2D eigenvalue weighted by Crippen LogP contribution is 2.17. The maximum absolute atomic E-state index is 13.4. The number of nitrogens with two attached hydrogens (primary N) is 1. The number of sulfone groups is 1. The van der Waals surface area contributed by atoms with Crippen LogP contribution in [-0.4, -0.2) is 8.42 Å². The van der Waals surface area contributed by atoms with Crippen LogP contribution in [-0.2, 0) is 27.9 Å². The fourth-order valence-corrected chi connectivity index (χ4v) is 3.66. The highest BCUT2D eigenvalue weighted by atomic mass is 35.5. The molecule has 0 aliphatic heterocycles. The van der Waals surface area contributed by atoms with Gasteiger partial charge >= 0.3 is 0 Å². The van der Waals surface area contributed by atoms with Gasteiger partial charge in [0, 0.05) is 11.6 Å². The van der Waals surface area contributed by atoms with Crippen LogP contribution in [0.2, 0.25) is 5.02 Å². The molecule has 0 spiro atoms. The minimum Gasteiger partial charge on any atom is -0.326 e. The summed E-state index contributed by atoms with van der Waals surface area (Å²) in [6.07, 6.45) is 0. The molecule has 0 saturated carbocycles. The topological polar surface area (TPSA) is 60.2 Å². The molecule has 0 aliphatic carbocycles. The van der Waals surface area contributed by atoms with Gasteiger partial charge in [0.25, 0.3) is 0 Å². The van der Waals surface area contributed by atoms with Gasteiger partial charge < -0.3 is 5.73 Å². The Balaban J connectivity index is 2.17. The van der Waals surface area contributed by atoms with E-state index >= 15 is 0 Å². The predicted molar refractivity (Wildman–Crippen MR) is 82.1 cm³/mol. The Morgan fingerprint density at radius 3 is 2.14 bits per heavy atom. The van der Waals surface area contributed by atoms with Crippen LogP contribution in [0.1, 0.15) is 16.7 Å². The van der Waals surface area contributed by atoms with Crippen molar-refractivity contribution in [1.82, 2.24) is 0 Å². The summed E-state index contributed by atoms with van der Waals surface area (Å²) in [4.78, 5) is 0. The Morgan fingerprint density at radius 2 is 1.52 bits per heavy atom. The van der Waals surface area contributed by atoms with Gasteiger partial charge in [-0.2, -0.15) is 0 Å². The van der Waals surface area contributed by atoms with E-state index in [1.54, 1.807) is 30.3 Å². The second kappa shape index (κ2) is 6.56. The van der Waals surface area contributed by atoms with Gasteiger partial charge in [0.15, 0.2) is 9.84 Å². The highest BCUT2D eigenvalue weighted by molar-refractivity contribution is 7.89. The summed E-state index contributed by atoms with van der Waals surface area (Å²) in [7, 11) is -3.39. The Labute approximate surface area is 128 Å². The fraction of sp³-hybridized carbons (Fsp3) is 0.200. The largest absolute Gasteiger partial charge is 0.326 e. The summed E-state index contributed by atoms with van der Waals surface area (Å²) < 4.78 is 37.8. The molecule has 3 nitrogen and oxygen atoms in total. The summed E-state index contributed by atoms with van der Waals surface area (Å²) in [5.41, 5.74) is 7.09. The zero-order valence-corrected chi connectivity index (χ0v) is 12.8. The van der Waals surface area contributed by atoms with E-state index in [0.29, 0.717) is 21.7 Å². The third-order valence-corrected chi connectivity index (χ3v) is 4.74. The van der Waals surface area contributed by atoms with Crippen molar-refractivity contribution in [2.24, 2.45) is 5.73 Å². The second-order valence-electron chi connectivity index (χ2n) is 4.83. The van der Waals surface area contributed by atoms with Gasteiger partial charge in [-0.25, -0.2) is 12.8 Å². The fourth-order valence-electron chi connectivity index (χ4n) is 2.06. The smallest absolute Gasteiger partial charge is 0.158 e. The summed E-state index contributed by atoms with van der Waals surface area (Å²) >= 11 is 5.76. The van der Waals surface area contributed by atoms with Crippen LogP contribution in [0.15, 0.2) is 42.5 Å². The van der Waals surface area contributed by atoms with Crippen LogP contribution < -0.4 is 5.73 Å². The third-order valence-electron chi connectivity index (χ3n) is 2.94. The Bertz CT molecular complexity index is 730. The van der Waals surface area contributed by atoms with E-state index in [1.807, 2.05) is 0 Å². The lowest BCUT2D eigenvalue weighted by Crippen LogP contribution is -2.09. The van der Waals surface area contributed by atoms with Gasteiger partial charge in [-0.3, -0.25) is 0 Å². The van der Waals surface area contributed by atoms with Crippen molar-refractivity contribution in [2.45, 2.75) is 18.1 Å². The molecule has 0 fully saturated rings. The van der Waals surface area contributed by atoms with Crippen molar-refractivity contribution in [3.05, 3.63) is 70.0 Å². The second-order valence-corrected chi connectivity index (χ2v) is 7.33. The number of hydrogen-bond donors (Lipinski definition) is 1. The average Bonchev–Trinajstić information content (AvgIpc) is 2.39. The normalized spacial score (nSPS) is 11.6. The third kappa shape index (κ3) is 4.81. The molecule has 0 heterocycles. The molecule has 0 amide bonds. The zero-order valence-electron chi connectivity index (χ0n) is 11.2. The molecule has 0 radical (unpaired) electrons.